The molecular weight excluding hydrogens is 233 g/mol. The summed E-state index contributed by atoms with van der Waals surface area (Å²) in [4.78, 5) is 4.09. The lowest BCUT2D eigenvalue weighted by Crippen LogP contribution is -2.25. The molecule has 0 radical (unpaired) electrons. The second-order valence-corrected chi connectivity index (χ2v) is 4.68. The van der Waals surface area contributed by atoms with Gasteiger partial charge in [0.15, 0.2) is 5.82 Å². The van der Waals surface area contributed by atoms with Gasteiger partial charge in [-0.05, 0) is 31.4 Å². The third-order valence-electron chi connectivity index (χ3n) is 3.42. The summed E-state index contributed by atoms with van der Waals surface area (Å²) in [6.45, 7) is 1.44. The number of para-hydroxylation sites is 1. The molecule has 1 fully saturated rings. The van der Waals surface area contributed by atoms with E-state index < -0.39 is 0 Å². The van der Waals surface area contributed by atoms with E-state index >= 15 is 0 Å². The van der Waals surface area contributed by atoms with Crippen molar-refractivity contribution in [3.05, 3.63) is 24.0 Å². The molecule has 4 nitrogen and oxygen atoms in total. The lowest BCUT2D eigenvalue weighted by atomic mass is 10.1. The quantitative estimate of drug-likeness (QED) is 0.888. The van der Waals surface area contributed by atoms with Crippen molar-refractivity contribution in [1.29, 1.82) is 0 Å². The molecule has 1 saturated heterocycles. The number of anilines is 1. The van der Waals surface area contributed by atoms with Crippen LogP contribution in [0, 0.1) is 5.82 Å². The molecular formula is C13H16FN3O. The number of nitrogen functional groups attached to an aromatic ring is 1. The topological polar surface area (TPSA) is 53.1 Å². The van der Waals surface area contributed by atoms with Crippen LogP contribution in [-0.4, -0.2) is 22.3 Å². The fourth-order valence-electron chi connectivity index (χ4n) is 2.48. The van der Waals surface area contributed by atoms with Crippen LogP contribution in [0.4, 0.5) is 10.3 Å². The Bertz CT molecular complexity index is 561. The van der Waals surface area contributed by atoms with Gasteiger partial charge in [0.05, 0.1) is 18.2 Å². The molecule has 1 aromatic carbocycles. The van der Waals surface area contributed by atoms with Gasteiger partial charge in [0, 0.05) is 6.61 Å². The lowest BCUT2D eigenvalue weighted by Gasteiger charge is -2.23. The van der Waals surface area contributed by atoms with Crippen LogP contribution in [0.3, 0.4) is 0 Å². The van der Waals surface area contributed by atoms with E-state index in [1.807, 2.05) is 10.6 Å². The predicted octanol–water partition coefficient (Wildman–Crippen LogP) is 2.33. The van der Waals surface area contributed by atoms with Crippen molar-refractivity contribution in [2.75, 3.05) is 12.3 Å². The largest absolute Gasteiger partial charge is 0.376 e. The van der Waals surface area contributed by atoms with Gasteiger partial charge in [0.1, 0.15) is 5.52 Å². The Morgan fingerprint density at radius 2 is 2.33 bits per heavy atom. The zero-order chi connectivity index (χ0) is 12.5. The minimum Gasteiger partial charge on any atom is -0.376 e. The number of hydrogen-bond donors (Lipinski definition) is 1. The molecule has 1 aromatic heterocycles. The van der Waals surface area contributed by atoms with Crippen LogP contribution >= 0.6 is 0 Å². The zero-order valence-corrected chi connectivity index (χ0v) is 10.1. The fourth-order valence-corrected chi connectivity index (χ4v) is 2.48. The molecule has 0 spiro atoms. The Labute approximate surface area is 105 Å². The van der Waals surface area contributed by atoms with Gasteiger partial charge >= 0.3 is 0 Å². The van der Waals surface area contributed by atoms with Crippen LogP contribution in [0.1, 0.15) is 19.3 Å². The van der Waals surface area contributed by atoms with Gasteiger partial charge in [-0.15, -0.1) is 0 Å². The van der Waals surface area contributed by atoms with E-state index in [-0.39, 0.29) is 11.9 Å². The number of nitrogens with two attached hydrogens (primary N) is 1. The van der Waals surface area contributed by atoms with Crippen LogP contribution in [0.25, 0.3) is 11.0 Å². The van der Waals surface area contributed by atoms with Crippen molar-refractivity contribution < 1.29 is 9.13 Å². The molecule has 5 heteroatoms. The molecule has 2 aromatic rings. The van der Waals surface area contributed by atoms with E-state index in [1.165, 1.54) is 12.5 Å². The highest BCUT2D eigenvalue weighted by molar-refractivity contribution is 5.78. The van der Waals surface area contributed by atoms with Gasteiger partial charge in [-0.3, -0.25) is 0 Å². The fraction of sp³-hybridized carbons (Fsp3) is 0.462. The number of fused-ring (bicyclic) bond motifs is 1. The van der Waals surface area contributed by atoms with Gasteiger partial charge in [-0.25, -0.2) is 9.37 Å². The number of ether oxygens (including phenoxy) is 1. The van der Waals surface area contributed by atoms with Gasteiger partial charge in [-0.2, -0.15) is 0 Å². The molecule has 3 rings (SSSR count). The Balaban J connectivity index is 1.95. The minimum atomic E-state index is -0.331. The van der Waals surface area contributed by atoms with E-state index in [0.717, 1.165) is 25.0 Å². The van der Waals surface area contributed by atoms with Crippen LogP contribution in [0.5, 0.6) is 0 Å². The Morgan fingerprint density at radius 1 is 1.44 bits per heavy atom. The molecule has 0 aliphatic carbocycles. The van der Waals surface area contributed by atoms with Crippen LogP contribution < -0.4 is 5.73 Å². The van der Waals surface area contributed by atoms with Crippen molar-refractivity contribution in [3.8, 4) is 0 Å². The number of nitrogens with zero attached hydrogens (tertiary/aromatic N) is 2. The number of imidazole rings is 1. The van der Waals surface area contributed by atoms with Crippen LogP contribution in [0.15, 0.2) is 18.2 Å². The van der Waals surface area contributed by atoms with Crippen molar-refractivity contribution in [2.24, 2.45) is 0 Å². The average Bonchev–Trinajstić information content (AvgIpc) is 2.70. The molecule has 96 valence electrons. The summed E-state index contributed by atoms with van der Waals surface area (Å²) in [7, 11) is 0. The highest BCUT2D eigenvalue weighted by Crippen LogP contribution is 2.23. The summed E-state index contributed by atoms with van der Waals surface area (Å²) < 4.78 is 21.1. The maximum absolute atomic E-state index is 13.6. The molecule has 1 unspecified atom stereocenters. The predicted molar refractivity (Wildman–Crippen MR) is 67.7 cm³/mol. The van der Waals surface area contributed by atoms with E-state index in [4.69, 9.17) is 10.5 Å². The first-order chi connectivity index (χ1) is 8.75. The summed E-state index contributed by atoms with van der Waals surface area (Å²) in [5.41, 5.74) is 6.95. The van der Waals surface area contributed by atoms with Gasteiger partial charge in [0.2, 0.25) is 5.95 Å². The third-order valence-corrected chi connectivity index (χ3v) is 3.42. The number of aromatic nitrogens is 2. The van der Waals surface area contributed by atoms with E-state index in [0.29, 0.717) is 18.0 Å². The molecule has 18 heavy (non-hydrogen) atoms. The third kappa shape index (κ3) is 1.95. The second kappa shape index (κ2) is 4.57. The summed E-state index contributed by atoms with van der Waals surface area (Å²) in [5, 5.41) is 0. The number of halogens is 1. The summed E-state index contributed by atoms with van der Waals surface area (Å²) in [5.74, 6) is 0.0202. The summed E-state index contributed by atoms with van der Waals surface area (Å²) >= 11 is 0. The second-order valence-electron chi connectivity index (χ2n) is 4.68. The maximum atomic E-state index is 13.6. The molecule has 2 N–H and O–H groups in total. The zero-order valence-electron chi connectivity index (χ0n) is 10.1. The number of hydrogen-bond acceptors (Lipinski definition) is 3. The lowest BCUT2D eigenvalue weighted by molar-refractivity contribution is 0.00694. The van der Waals surface area contributed by atoms with Crippen molar-refractivity contribution >= 4 is 17.0 Å². The summed E-state index contributed by atoms with van der Waals surface area (Å²) in [6.07, 6.45) is 3.47. The molecule has 1 atom stereocenters. The monoisotopic (exact) mass is 249 g/mol. The van der Waals surface area contributed by atoms with E-state index in [1.54, 1.807) is 6.07 Å². The molecule has 0 amide bonds. The molecule has 1 aliphatic rings. The average molecular weight is 249 g/mol. The first-order valence-electron chi connectivity index (χ1n) is 6.27. The van der Waals surface area contributed by atoms with Gasteiger partial charge in [-0.1, -0.05) is 6.07 Å². The van der Waals surface area contributed by atoms with Crippen LogP contribution in [0.2, 0.25) is 0 Å². The Morgan fingerprint density at radius 3 is 3.11 bits per heavy atom. The number of benzene rings is 1. The molecule has 2 heterocycles. The van der Waals surface area contributed by atoms with Gasteiger partial charge < -0.3 is 15.0 Å². The van der Waals surface area contributed by atoms with Crippen molar-refractivity contribution in [3.63, 3.8) is 0 Å². The summed E-state index contributed by atoms with van der Waals surface area (Å²) in [6, 6.07) is 4.91. The first-order valence-corrected chi connectivity index (χ1v) is 6.27. The Hall–Kier alpha value is -1.62. The van der Waals surface area contributed by atoms with Gasteiger partial charge in [0.25, 0.3) is 0 Å². The van der Waals surface area contributed by atoms with Crippen molar-refractivity contribution in [1.82, 2.24) is 9.55 Å². The SMILES string of the molecule is Nc1nc2c(F)cccc2n1CC1CCCCO1. The van der Waals surface area contributed by atoms with Crippen LogP contribution in [-0.2, 0) is 11.3 Å². The first kappa shape index (κ1) is 11.5. The van der Waals surface area contributed by atoms with E-state index in [2.05, 4.69) is 4.98 Å². The highest BCUT2D eigenvalue weighted by Gasteiger charge is 2.18. The Kier molecular flexibility index (Phi) is 2.91. The molecule has 0 bridgehead atoms. The minimum absolute atomic E-state index is 0.154. The van der Waals surface area contributed by atoms with E-state index in [9.17, 15) is 4.39 Å². The molecule has 0 saturated carbocycles. The number of rotatable bonds is 2. The maximum Gasteiger partial charge on any atom is 0.201 e. The smallest absolute Gasteiger partial charge is 0.201 e. The highest BCUT2D eigenvalue weighted by atomic mass is 19.1. The standard InChI is InChI=1S/C13H16FN3O/c14-10-5-3-6-11-12(10)16-13(15)17(11)8-9-4-1-2-7-18-9/h3,5-6,9H,1-2,4,7-8H2,(H2,15,16). The normalized spacial score (nSPS) is 20.4. The van der Waals surface area contributed by atoms with Crippen molar-refractivity contribution in [2.45, 2.75) is 31.9 Å². The molecule has 1 aliphatic heterocycles.